The molecular weight excluding hydrogens is 286 g/mol. The first-order chi connectivity index (χ1) is 11.1. The van der Waals surface area contributed by atoms with Crippen LogP contribution in [0.5, 0.6) is 0 Å². The summed E-state index contributed by atoms with van der Waals surface area (Å²) >= 11 is 0. The maximum Gasteiger partial charge on any atom is 0.251 e. The van der Waals surface area contributed by atoms with Gasteiger partial charge in [-0.05, 0) is 36.2 Å². The van der Waals surface area contributed by atoms with E-state index in [0.29, 0.717) is 12.1 Å². The molecule has 4 nitrogen and oxygen atoms in total. The lowest BCUT2D eigenvalue weighted by atomic mass is 10.1. The Morgan fingerprint density at radius 1 is 1.13 bits per heavy atom. The Morgan fingerprint density at radius 3 is 2.39 bits per heavy atom. The maximum atomic E-state index is 12.2. The van der Waals surface area contributed by atoms with E-state index in [2.05, 4.69) is 24.2 Å². The predicted molar refractivity (Wildman–Crippen MR) is 95.7 cm³/mol. The monoisotopic (exact) mass is 311 g/mol. The second-order valence-corrected chi connectivity index (χ2v) is 5.70. The van der Waals surface area contributed by atoms with Crippen LogP contribution in [0.25, 0.3) is 0 Å². The zero-order valence-corrected chi connectivity index (χ0v) is 13.8. The summed E-state index contributed by atoms with van der Waals surface area (Å²) in [6.45, 7) is 3.56. The smallest absolute Gasteiger partial charge is 0.251 e. The minimum absolute atomic E-state index is 0.0962. The van der Waals surface area contributed by atoms with Gasteiger partial charge in [-0.1, -0.05) is 37.3 Å². The van der Waals surface area contributed by atoms with Crippen molar-refractivity contribution in [3.05, 3.63) is 65.7 Å². The van der Waals surface area contributed by atoms with Crippen LogP contribution in [0.1, 0.15) is 35.3 Å². The first-order valence-corrected chi connectivity index (χ1v) is 8.01. The average Bonchev–Trinajstić information content (AvgIpc) is 2.60. The van der Waals surface area contributed by atoms with Crippen LogP contribution in [0, 0.1) is 0 Å². The third kappa shape index (κ3) is 4.83. The number of nitrogens with one attached hydrogen (secondary N) is 1. The minimum atomic E-state index is -0.199. The second kappa shape index (κ2) is 8.34. The molecule has 0 aromatic heterocycles. The molecule has 4 heteroatoms. The first kappa shape index (κ1) is 17.0. The van der Waals surface area contributed by atoms with Gasteiger partial charge in [0.25, 0.3) is 5.91 Å². The van der Waals surface area contributed by atoms with Crippen molar-refractivity contribution in [1.29, 1.82) is 0 Å². The largest absolute Gasteiger partial charge is 0.375 e. The van der Waals surface area contributed by atoms with Gasteiger partial charge in [-0.3, -0.25) is 4.79 Å². The Kier molecular flexibility index (Phi) is 6.18. The number of hydrogen-bond donors (Lipinski definition) is 2. The van der Waals surface area contributed by atoms with Crippen molar-refractivity contribution in [2.45, 2.75) is 19.4 Å². The Balaban J connectivity index is 1.91. The fourth-order valence-corrected chi connectivity index (χ4v) is 2.45. The highest BCUT2D eigenvalue weighted by Gasteiger charge is 2.10. The molecule has 0 saturated heterocycles. The number of carbonyl (C=O) groups excluding carboxylic acids is 1. The lowest BCUT2D eigenvalue weighted by Gasteiger charge is -2.18. The van der Waals surface area contributed by atoms with Gasteiger partial charge in [0.15, 0.2) is 0 Å². The topological polar surface area (TPSA) is 58.4 Å². The Labute approximate surface area is 138 Å². The van der Waals surface area contributed by atoms with E-state index in [1.807, 2.05) is 54.6 Å². The highest BCUT2D eigenvalue weighted by atomic mass is 16.1. The Hall–Kier alpha value is -2.33. The fraction of sp³-hybridized carbons (Fsp3) is 0.316. The molecule has 2 aromatic carbocycles. The fourth-order valence-electron chi connectivity index (χ4n) is 2.45. The summed E-state index contributed by atoms with van der Waals surface area (Å²) in [5.41, 5.74) is 8.88. The average molecular weight is 311 g/mol. The van der Waals surface area contributed by atoms with Gasteiger partial charge in [-0.2, -0.15) is 0 Å². The molecule has 0 spiro atoms. The highest BCUT2D eigenvalue weighted by Crippen LogP contribution is 2.14. The zero-order valence-electron chi connectivity index (χ0n) is 13.8. The second-order valence-electron chi connectivity index (χ2n) is 5.70. The molecule has 0 fully saturated rings. The normalized spacial score (nSPS) is 11.8. The molecule has 23 heavy (non-hydrogen) atoms. The van der Waals surface area contributed by atoms with Gasteiger partial charge in [0.05, 0.1) is 0 Å². The molecule has 1 amide bonds. The molecule has 0 aliphatic rings. The predicted octanol–water partition coefficient (Wildman–Crippen LogP) is 2.96. The number of anilines is 1. The van der Waals surface area contributed by atoms with Crippen molar-refractivity contribution >= 4 is 11.6 Å². The number of carbonyl (C=O) groups is 1. The summed E-state index contributed by atoms with van der Waals surface area (Å²) in [7, 11) is 2.05. The molecule has 122 valence electrons. The number of nitrogens with zero attached hydrogens (tertiary/aromatic N) is 1. The van der Waals surface area contributed by atoms with Gasteiger partial charge in [-0.15, -0.1) is 0 Å². The van der Waals surface area contributed by atoms with Crippen molar-refractivity contribution in [2.75, 3.05) is 25.0 Å². The first-order valence-electron chi connectivity index (χ1n) is 8.01. The number of benzene rings is 2. The molecule has 0 aliphatic carbocycles. The molecule has 0 saturated carbocycles. The minimum Gasteiger partial charge on any atom is -0.375 e. The Morgan fingerprint density at radius 2 is 1.78 bits per heavy atom. The van der Waals surface area contributed by atoms with Crippen LogP contribution in [0.2, 0.25) is 0 Å². The maximum absolute atomic E-state index is 12.2. The van der Waals surface area contributed by atoms with Crippen LogP contribution in [-0.4, -0.2) is 26.0 Å². The zero-order chi connectivity index (χ0) is 16.7. The van der Waals surface area contributed by atoms with E-state index in [4.69, 9.17) is 5.73 Å². The lowest BCUT2D eigenvalue weighted by Crippen LogP contribution is -2.31. The van der Waals surface area contributed by atoms with Crippen LogP contribution >= 0.6 is 0 Å². The molecular formula is C19H25N3O. The van der Waals surface area contributed by atoms with E-state index in [1.54, 1.807) is 0 Å². The van der Waals surface area contributed by atoms with E-state index in [9.17, 15) is 4.79 Å². The van der Waals surface area contributed by atoms with Crippen molar-refractivity contribution in [2.24, 2.45) is 5.73 Å². The van der Waals surface area contributed by atoms with Crippen LogP contribution < -0.4 is 16.0 Å². The van der Waals surface area contributed by atoms with Crippen LogP contribution in [0.3, 0.4) is 0 Å². The molecule has 3 N–H and O–H groups in total. The number of hydrogen-bond acceptors (Lipinski definition) is 3. The standard InChI is InChI=1S/C19H25N3O/c1-3-13-22(2)17-11-9-16(10-12-17)19(23)21-14-18(20)15-7-5-4-6-8-15/h4-12,18H,3,13-14,20H2,1-2H3,(H,21,23). The molecule has 2 aromatic rings. The molecule has 0 bridgehead atoms. The molecule has 2 rings (SSSR count). The van der Waals surface area contributed by atoms with Crippen molar-refractivity contribution in [1.82, 2.24) is 5.32 Å². The quantitative estimate of drug-likeness (QED) is 0.826. The number of nitrogens with two attached hydrogens (primary N) is 1. The van der Waals surface area contributed by atoms with Crippen molar-refractivity contribution in [3.8, 4) is 0 Å². The van der Waals surface area contributed by atoms with E-state index >= 15 is 0 Å². The summed E-state index contributed by atoms with van der Waals surface area (Å²) < 4.78 is 0. The van der Waals surface area contributed by atoms with E-state index in [0.717, 1.165) is 24.2 Å². The van der Waals surface area contributed by atoms with E-state index in [1.165, 1.54) is 0 Å². The highest BCUT2D eigenvalue weighted by molar-refractivity contribution is 5.94. The van der Waals surface area contributed by atoms with Gasteiger partial charge in [0.2, 0.25) is 0 Å². The van der Waals surface area contributed by atoms with Gasteiger partial charge >= 0.3 is 0 Å². The van der Waals surface area contributed by atoms with Crippen molar-refractivity contribution in [3.63, 3.8) is 0 Å². The van der Waals surface area contributed by atoms with Gasteiger partial charge < -0.3 is 16.0 Å². The van der Waals surface area contributed by atoms with Crippen molar-refractivity contribution < 1.29 is 4.79 Å². The summed E-state index contributed by atoms with van der Waals surface area (Å²) in [5.74, 6) is -0.0962. The van der Waals surface area contributed by atoms with E-state index in [-0.39, 0.29) is 11.9 Å². The molecule has 1 unspecified atom stereocenters. The number of rotatable bonds is 7. The van der Waals surface area contributed by atoms with Crippen LogP contribution in [-0.2, 0) is 0 Å². The summed E-state index contributed by atoms with van der Waals surface area (Å²) in [4.78, 5) is 14.4. The number of amides is 1. The molecule has 0 radical (unpaired) electrons. The van der Waals surface area contributed by atoms with Gasteiger partial charge in [0.1, 0.15) is 0 Å². The molecule has 0 aliphatic heterocycles. The van der Waals surface area contributed by atoms with Gasteiger partial charge in [0, 0.05) is 37.4 Å². The van der Waals surface area contributed by atoms with Gasteiger partial charge in [-0.25, -0.2) is 0 Å². The molecule has 1 atom stereocenters. The summed E-state index contributed by atoms with van der Waals surface area (Å²) in [5, 5.41) is 2.89. The van der Waals surface area contributed by atoms with E-state index < -0.39 is 0 Å². The third-order valence-electron chi connectivity index (χ3n) is 3.84. The third-order valence-corrected chi connectivity index (χ3v) is 3.84. The SMILES string of the molecule is CCCN(C)c1ccc(C(=O)NCC(N)c2ccccc2)cc1. The summed E-state index contributed by atoms with van der Waals surface area (Å²) in [6, 6.07) is 17.2. The Bertz CT molecular complexity index is 610. The lowest BCUT2D eigenvalue weighted by molar-refractivity contribution is 0.0951. The molecule has 0 heterocycles. The van der Waals surface area contributed by atoms with Crippen LogP contribution in [0.15, 0.2) is 54.6 Å². The van der Waals surface area contributed by atoms with Crippen LogP contribution in [0.4, 0.5) is 5.69 Å². The summed E-state index contributed by atoms with van der Waals surface area (Å²) in [6.07, 6.45) is 1.09.